The van der Waals surface area contributed by atoms with Crippen LogP contribution in [0.2, 0.25) is 15.1 Å². The second kappa shape index (κ2) is 8.27. The number of hydrogen-bond acceptors (Lipinski definition) is 4. The number of esters is 2. The predicted molar refractivity (Wildman–Crippen MR) is 82.0 cm³/mol. The van der Waals surface area contributed by atoms with E-state index >= 15 is 0 Å². The van der Waals surface area contributed by atoms with Crippen molar-refractivity contribution in [2.75, 3.05) is 6.61 Å². The Morgan fingerprint density at radius 3 is 2.24 bits per heavy atom. The molecular formula is C14H13Cl3O4. The number of halogens is 3. The third-order valence-corrected chi connectivity index (χ3v) is 3.12. The van der Waals surface area contributed by atoms with E-state index in [0.717, 1.165) is 12.2 Å². The summed E-state index contributed by atoms with van der Waals surface area (Å²) < 4.78 is 9.81. The quantitative estimate of drug-likeness (QED) is 0.343. The van der Waals surface area contributed by atoms with Crippen LogP contribution < -0.4 is 4.74 Å². The van der Waals surface area contributed by atoms with Gasteiger partial charge in [-0.3, -0.25) is 0 Å². The van der Waals surface area contributed by atoms with Crippen LogP contribution in [0.3, 0.4) is 0 Å². The van der Waals surface area contributed by atoms with E-state index in [2.05, 4.69) is 0 Å². The molecule has 4 nitrogen and oxygen atoms in total. The Morgan fingerprint density at radius 1 is 1.05 bits per heavy atom. The maximum Gasteiger partial charge on any atom is 0.336 e. The van der Waals surface area contributed by atoms with E-state index in [1.165, 1.54) is 12.1 Å². The summed E-state index contributed by atoms with van der Waals surface area (Å²) in [6.07, 6.45) is 1.93. The van der Waals surface area contributed by atoms with Crippen LogP contribution in [0.4, 0.5) is 0 Å². The summed E-state index contributed by atoms with van der Waals surface area (Å²) in [5, 5.41) is 0.576. The molecule has 114 valence electrons. The normalized spacial score (nSPS) is 11.0. The maximum absolute atomic E-state index is 11.6. The number of carbonyl (C=O) groups excluding carboxylic acids is 2. The van der Waals surface area contributed by atoms with Crippen LogP contribution in [-0.4, -0.2) is 18.5 Å². The summed E-state index contributed by atoms with van der Waals surface area (Å²) in [5.74, 6) is -1.14. The highest BCUT2D eigenvalue weighted by atomic mass is 35.5. The van der Waals surface area contributed by atoms with Gasteiger partial charge in [0.05, 0.1) is 21.7 Å². The maximum atomic E-state index is 11.6. The van der Waals surface area contributed by atoms with Crippen molar-refractivity contribution in [3.63, 3.8) is 0 Å². The molecule has 0 aliphatic heterocycles. The van der Waals surface area contributed by atoms with Gasteiger partial charge >= 0.3 is 11.9 Å². The molecule has 1 aromatic carbocycles. The SMILES string of the molecule is CC(C)COC(=O)/C=C/C(=O)Oc1cc(Cl)c(Cl)cc1Cl. The first kappa shape index (κ1) is 17.8. The molecule has 7 heteroatoms. The average molecular weight is 352 g/mol. The van der Waals surface area contributed by atoms with E-state index in [0.29, 0.717) is 0 Å². The predicted octanol–water partition coefficient (Wildman–Crippen LogP) is 4.31. The van der Waals surface area contributed by atoms with Gasteiger partial charge in [0, 0.05) is 18.2 Å². The van der Waals surface area contributed by atoms with Crippen LogP contribution in [0.25, 0.3) is 0 Å². The van der Waals surface area contributed by atoms with Crippen molar-refractivity contribution < 1.29 is 19.1 Å². The number of hydrogen-bond donors (Lipinski definition) is 0. The van der Waals surface area contributed by atoms with Gasteiger partial charge < -0.3 is 9.47 Å². The zero-order valence-corrected chi connectivity index (χ0v) is 13.6. The summed E-state index contributed by atoms with van der Waals surface area (Å²) in [6.45, 7) is 4.08. The molecule has 0 heterocycles. The first-order valence-electron chi connectivity index (χ1n) is 6.00. The van der Waals surface area contributed by atoms with Crippen molar-refractivity contribution in [3.8, 4) is 5.75 Å². The molecule has 0 saturated heterocycles. The lowest BCUT2D eigenvalue weighted by atomic mass is 10.2. The Kier molecular flexibility index (Phi) is 7.02. The largest absolute Gasteiger partial charge is 0.462 e. The first-order chi connectivity index (χ1) is 9.79. The van der Waals surface area contributed by atoms with Crippen molar-refractivity contribution in [2.45, 2.75) is 13.8 Å². The minimum atomic E-state index is -0.781. The molecule has 1 aromatic rings. The Balaban J connectivity index is 2.62. The fraction of sp³-hybridized carbons (Fsp3) is 0.286. The van der Waals surface area contributed by atoms with Crippen LogP contribution in [0.1, 0.15) is 13.8 Å². The van der Waals surface area contributed by atoms with Gasteiger partial charge in [0.15, 0.2) is 5.75 Å². The van der Waals surface area contributed by atoms with Gasteiger partial charge in [0.25, 0.3) is 0 Å². The molecule has 0 aromatic heterocycles. The molecule has 0 aliphatic rings. The van der Waals surface area contributed by atoms with Crippen molar-refractivity contribution in [2.24, 2.45) is 5.92 Å². The van der Waals surface area contributed by atoms with E-state index < -0.39 is 11.9 Å². The molecule has 0 aliphatic carbocycles. The Bertz CT molecular complexity index is 568. The Morgan fingerprint density at radius 2 is 1.62 bits per heavy atom. The fourth-order valence-electron chi connectivity index (χ4n) is 1.16. The van der Waals surface area contributed by atoms with Crippen molar-refractivity contribution in [3.05, 3.63) is 39.4 Å². The Labute approximate surface area is 137 Å². The lowest BCUT2D eigenvalue weighted by molar-refractivity contribution is -0.139. The monoisotopic (exact) mass is 350 g/mol. The van der Waals surface area contributed by atoms with Gasteiger partial charge in [-0.25, -0.2) is 9.59 Å². The fourth-order valence-corrected chi connectivity index (χ4v) is 1.73. The van der Waals surface area contributed by atoms with Gasteiger partial charge in [0.2, 0.25) is 0 Å². The molecule has 1 rings (SSSR count). The number of benzene rings is 1. The first-order valence-corrected chi connectivity index (χ1v) is 7.14. The van der Waals surface area contributed by atoms with Crippen LogP contribution in [0.15, 0.2) is 24.3 Å². The van der Waals surface area contributed by atoms with Crippen LogP contribution >= 0.6 is 34.8 Å². The zero-order valence-electron chi connectivity index (χ0n) is 11.4. The highest BCUT2D eigenvalue weighted by Crippen LogP contribution is 2.33. The number of ether oxygens (including phenoxy) is 2. The molecule has 0 fully saturated rings. The summed E-state index contributed by atoms with van der Waals surface area (Å²) in [5.41, 5.74) is 0. The highest BCUT2D eigenvalue weighted by Gasteiger charge is 2.10. The molecule has 0 amide bonds. The van der Waals surface area contributed by atoms with Gasteiger partial charge in [-0.15, -0.1) is 0 Å². The molecule has 0 atom stereocenters. The number of rotatable bonds is 5. The van der Waals surface area contributed by atoms with E-state index in [-0.39, 0.29) is 33.3 Å². The van der Waals surface area contributed by atoms with E-state index in [4.69, 9.17) is 44.3 Å². The minimum Gasteiger partial charge on any atom is -0.462 e. The highest BCUT2D eigenvalue weighted by molar-refractivity contribution is 6.43. The third-order valence-electron chi connectivity index (χ3n) is 2.10. The lowest BCUT2D eigenvalue weighted by Gasteiger charge is -2.06. The van der Waals surface area contributed by atoms with Gasteiger partial charge in [-0.05, 0) is 12.0 Å². The summed E-state index contributed by atoms with van der Waals surface area (Å²) >= 11 is 17.4. The molecule has 0 spiro atoms. The topological polar surface area (TPSA) is 52.6 Å². The van der Waals surface area contributed by atoms with E-state index in [1.807, 2.05) is 13.8 Å². The molecule has 0 unspecified atom stereocenters. The average Bonchev–Trinajstić information content (AvgIpc) is 2.40. The third kappa shape index (κ3) is 6.38. The second-order valence-electron chi connectivity index (χ2n) is 4.48. The second-order valence-corrected chi connectivity index (χ2v) is 5.70. The Hall–Kier alpha value is -1.23. The van der Waals surface area contributed by atoms with Crippen molar-refractivity contribution in [1.82, 2.24) is 0 Å². The molecule has 0 radical (unpaired) electrons. The van der Waals surface area contributed by atoms with Gasteiger partial charge in [0.1, 0.15) is 0 Å². The molecule has 0 bridgehead atoms. The smallest absolute Gasteiger partial charge is 0.336 e. The van der Waals surface area contributed by atoms with Crippen LogP contribution in [-0.2, 0) is 14.3 Å². The molecule has 0 saturated carbocycles. The molecule has 0 N–H and O–H groups in total. The summed E-state index contributed by atoms with van der Waals surface area (Å²) in [7, 11) is 0. The molecule has 21 heavy (non-hydrogen) atoms. The standard InChI is InChI=1S/C14H13Cl3O4/c1-8(2)7-20-13(18)3-4-14(19)21-12-6-10(16)9(15)5-11(12)17/h3-6,8H,7H2,1-2H3/b4-3+. The zero-order chi connectivity index (χ0) is 16.0. The van der Waals surface area contributed by atoms with Crippen molar-refractivity contribution in [1.29, 1.82) is 0 Å². The molecular weight excluding hydrogens is 339 g/mol. The van der Waals surface area contributed by atoms with Gasteiger partial charge in [-0.1, -0.05) is 48.7 Å². The summed E-state index contributed by atoms with van der Waals surface area (Å²) in [6, 6.07) is 2.67. The van der Waals surface area contributed by atoms with Crippen LogP contribution in [0, 0.1) is 5.92 Å². The van der Waals surface area contributed by atoms with Gasteiger partial charge in [-0.2, -0.15) is 0 Å². The van der Waals surface area contributed by atoms with Crippen LogP contribution in [0.5, 0.6) is 5.75 Å². The minimum absolute atomic E-state index is 0.0521. The number of carbonyl (C=O) groups is 2. The van der Waals surface area contributed by atoms with E-state index in [1.54, 1.807) is 0 Å². The van der Waals surface area contributed by atoms with Crippen molar-refractivity contribution >= 4 is 46.7 Å². The summed E-state index contributed by atoms with van der Waals surface area (Å²) in [4.78, 5) is 22.8. The van der Waals surface area contributed by atoms with E-state index in [9.17, 15) is 9.59 Å². The lowest BCUT2D eigenvalue weighted by Crippen LogP contribution is -2.09.